The average Bonchev–Trinajstić information content (AvgIpc) is 2.83. The largest absolute Gasteiger partial charge is 0.494 e. The summed E-state index contributed by atoms with van der Waals surface area (Å²) in [6.07, 6.45) is 3.92. The Bertz CT molecular complexity index is 1140. The van der Waals surface area contributed by atoms with Crippen molar-refractivity contribution in [2.45, 2.75) is 13.3 Å². The van der Waals surface area contributed by atoms with Gasteiger partial charge in [-0.1, -0.05) is 48.0 Å². The van der Waals surface area contributed by atoms with Gasteiger partial charge in [-0.05, 0) is 49.2 Å². The van der Waals surface area contributed by atoms with Crippen LogP contribution in [0.15, 0.2) is 78.9 Å². The summed E-state index contributed by atoms with van der Waals surface area (Å²) in [5, 5.41) is 2.83. The van der Waals surface area contributed by atoms with E-state index in [0.29, 0.717) is 36.7 Å². The molecule has 6 heteroatoms. The molecule has 0 spiro atoms. The Morgan fingerprint density at radius 1 is 1.09 bits per heavy atom. The quantitative estimate of drug-likeness (QED) is 0.400. The molecule has 1 heterocycles. The number of carbonyl (C=O) groups excluding carboxylic acids is 2. The molecule has 1 N–H and O–H groups in total. The van der Waals surface area contributed by atoms with Crippen LogP contribution in [0.2, 0.25) is 0 Å². The Morgan fingerprint density at radius 3 is 2.67 bits per heavy atom. The zero-order valence-electron chi connectivity index (χ0n) is 18.5. The van der Waals surface area contributed by atoms with Gasteiger partial charge in [0.25, 0.3) is 5.91 Å². The molecule has 1 aliphatic rings. The molecule has 3 aromatic rings. The summed E-state index contributed by atoms with van der Waals surface area (Å²) >= 11 is 0. The molecule has 0 aliphatic carbocycles. The Morgan fingerprint density at radius 2 is 1.88 bits per heavy atom. The second-order valence-electron chi connectivity index (χ2n) is 7.76. The van der Waals surface area contributed by atoms with Crippen LogP contribution in [0.1, 0.15) is 17.5 Å². The van der Waals surface area contributed by atoms with Gasteiger partial charge in [-0.3, -0.25) is 9.59 Å². The van der Waals surface area contributed by atoms with Gasteiger partial charge in [0.05, 0.1) is 12.3 Å². The summed E-state index contributed by atoms with van der Waals surface area (Å²) in [5.41, 5.74) is 3.43. The van der Waals surface area contributed by atoms with Crippen molar-refractivity contribution in [3.63, 3.8) is 0 Å². The molecule has 33 heavy (non-hydrogen) atoms. The average molecular weight is 443 g/mol. The lowest BCUT2D eigenvalue weighted by atomic mass is 10.2. The van der Waals surface area contributed by atoms with Gasteiger partial charge >= 0.3 is 0 Å². The lowest BCUT2D eigenvalue weighted by Crippen LogP contribution is -2.39. The lowest BCUT2D eigenvalue weighted by Gasteiger charge is -2.29. The van der Waals surface area contributed by atoms with Gasteiger partial charge in [-0.15, -0.1) is 0 Å². The summed E-state index contributed by atoms with van der Waals surface area (Å²) in [6.45, 7) is 3.03. The van der Waals surface area contributed by atoms with Crippen molar-refractivity contribution in [1.82, 2.24) is 0 Å². The number of aryl methyl sites for hydroxylation is 1. The minimum Gasteiger partial charge on any atom is -0.494 e. The molecule has 0 unspecified atom stereocenters. The normalized spacial score (nSPS) is 12.9. The Hall–Kier alpha value is -4.06. The molecule has 1 aliphatic heterocycles. The third-order valence-electron chi connectivity index (χ3n) is 5.21. The third kappa shape index (κ3) is 6.01. The van der Waals surface area contributed by atoms with E-state index in [9.17, 15) is 9.59 Å². The van der Waals surface area contributed by atoms with Crippen molar-refractivity contribution >= 4 is 29.3 Å². The highest BCUT2D eigenvalue weighted by Crippen LogP contribution is 2.34. The highest BCUT2D eigenvalue weighted by atomic mass is 16.5. The number of amides is 2. The van der Waals surface area contributed by atoms with Crippen LogP contribution in [0, 0.1) is 6.92 Å². The number of fused-ring (bicyclic) bond motifs is 1. The first-order valence-electron chi connectivity index (χ1n) is 10.9. The maximum atomic E-state index is 12.4. The summed E-state index contributed by atoms with van der Waals surface area (Å²) in [4.78, 5) is 26.4. The van der Waals surface area contributed by atoms with Crippen molar-refractivity contribution in [3.8, 4) is 11.5 Å². The topological polar surface area (TPSA) is 67.9 Å². The standard InChI is InChI=1S/C27H26N2O4/c1-20-8-12-23(13-9-20)32-17-5-16-29-24-14-11-22(18-25(24)33-19-27(29)31)28-26(30)15-10-21-6-3-2-4-7-21/h2-4,6-15,18H,5,16-17,19H2,1H3,(H,28,30)/b15-10+. The summed E-state index contributed by atoms with van der Waals surface area (Å²) < 4.78 is 11.4. The molecule has 168 valence electrons. The van der Waals surface area contributed by atoms with Crippen molar-refractivity contribution in [2.24, 2.45) is 0 Å². The van der Waals surface area contributed by atoms with Gasteiger partial charge in [0.1, 0.15) is 11.5 Å². The molecule has 0 bridgehead atoms. The van der Waals surface area contributed by atoms with E-state index in [1.54, 1.807) is 29.2 Å². The fourth-order valence-corrected chi connectivity index (χ4v) is 3.49. The molecule has 2 amide bonds. The molecule has 0 saturated carbocycles. The second kappa shape index (κ2) is 10.5. The molecule has 0 radical (unpaired) electrons. The molecule has 0 atom stereocenters. The Kier molecular flexibility index (Phi) is 7.05. The molecule has 4 rings (SSSR count). The summed E-state index contributed by atoms with van der Waals surface area (Å²) in [5.74, 6) is 1.05. The fourth-order valence-electron chi connectivity index (χ4n) is 3.49. The van der Waals surface area contributed by atoms with Crippen LogP contribution in [-0.4, -0.2) is 31.6 Å². The molecule has 0 aromatic heterocycles. The number of rotatable bonds is 8. The summed E-state index contributed by atoms with van der Waals surface area (Å²) in [6, 6.07) is 22.8. The third-order valence-corrected chi connectivity index (χ3v) is 5.21. The smallest absolute Gasteiger partial charge is 0.265 e. The van der Waals surface area contributed by atoms with Crippen LogP contribution in [0.3, 0.4) is 0 Å². The van der Waals surface area contributed by atoms with Crippen LogP contribution in [0.25, 0.3) is 6.08 Å². The number of hydrogen-bond donors (Lipinski definition) is 1. The lowest BCUT2D eigenvalue weighted by molar-refractivity contribution is -0.121. The number of benzene rings is 3. The number of hydrogen-bond acceptors (Lipinski definition) is 4. The minimum atomic E-state index is -0.240. The Labute approximate surface area is 193 Å². The van der Waals surface area contributed by atoms with Crippen LogP contribution >= 0.6 is 0 Å². The zero-order valence-corrected chi connectivity index (χ0v) is 18.5. The van der Waals surface area contributed by atoms with E-state index in [1.165, 1.54) is 11.6 Å². The van der Waals surface area contributed by atoms with Crippen LogP contribution in [0.5, 0.6) is 11.5 Å². The van der Waals surface area contributed by atoms with Gasteiger partial charge in [0.2, 0.25) is 5.91 Å². The van der Waals surface area contributed by atoms with Crippen LogP contribution in [-0.2, 0) is 9.59 Å². The van der Waals surface area contributed by atoms with Crippen molar-refractivity contribution in [2.75, 3.05) is 30.0 Å². The first-order valence-corrected chi connectivity index (χ1v) is 10.9. The predicted octanol–water partition coefficient (Wildman–Crippen LogP) is 4.84. The summed E-state index contributed by atoms with van der Waals surface area (Å²) in [7, 11) is 0. The number of nitrogens with zero attached hydrogens (tertiary/aromatic N) is 1. The molecular formula is C27H26N2O4. The van der Waals surface area contributed by atoms with Crippen LogP contribution in [0.4, 0.5) is 11.4 Å². The maximum absolute atomic E-state index is 12.4. The van der Waals surface area contributed by atoms with E-state index in [2.05, 4.69) is 5.32 Å². The highest BCUT2D eigenvalue weighted by molar-refractivity contribution is 6.03. The number of anilines is 2. The number of carbonyl (C=O) groups is 2. The van der Waals surface area contributed by atoms with Crippen molar-refractivity contribution in [1.29, 1.82) is 0 Å². The first-order chi connectivity index (χ1) is 16.1. The van der Waals surface area contributed by atoms with Gasteiger partial charge in [0.15, 0.2) is 6.61 Å². The fraction of sp³-hybridized carbons (Fsp3) is 0.185. The van der Waals surface area contributed by atoms with E-state index in [0.717, 1.165) is 11.3 Å². The first kappa shape index (κ1) is 22.1. The molecule has 0 fully saturated rings. The van der Waals surface area contributed by atoms with E-state index in [1.807, 2.05) is 61.5 Å². The highest BCUT2D eigenvalue weighted by Gasteiger charge is 2.25. The van der Waals surface area contributed by atoms with Gasteiger partial charge in [-0.25, -0.2) is 0 Å². The van der Waals surface area contributed by atoms with E-state index < -0.39 is 0 Å². The van der Waals surface area contributed by atoms with Gasteiger partial charge in [0, 0.05) is 24.4 Å². The second-order valence-corrected chi connectivity index (χ2v) is 7.76. The molecule has 3 aromatic carbocycles. The predicted molar refractivity (Wildman–Crippen MR) is 130 cm³/mol. The minimum absolute atomic E-state index is 0.0306. The maximum Gasteiger partial charge on any atom is 0.265 e. The van der Waals surface area contributed by atoms with Crippen molar-refractivity contribution < 1.29 is 19.1 Å². The zero-order chi connectivity index (χ0) is 23.0. The SMILES string of the molecule is Cc1ccc(OCCCN2C(=O)COc3cc(NC(=O)/C=C/c4ccccc4)ccc32)cc1. The molecule has 6 nitrogen and oxygen atoms in total. The van der Waals surface area contributed by atoms with Gasteiger partial charge < -0.3 is 19.7 Å². The van der Waals surface area contributed by atoms with Crippen LogP contribution < -0.4 is 19.7 Å². The van der Waals surface area contributed by atoms with E-state index in [-0.39, 0.29) is 18.4 Å². The van der Waals surface area contributed by atoms with E-state index in [4.69, 9.17) is 9.47 Å². The number of nitrogens with one attached hydrogen (secondary N) is 1. The molecule has 0 saturated heterocycles. The number of ether oxygens (including phenoxy) is 2. The Balaban J connectivity index is 1.34. The van der Waals surface area contributed by atoms with Crippen molar-refractivity contribution in [3.05, 3.63) is 90.0 Å². The van der Waals surface area contributed by atoms with Gasteiger partial charge in [-0.2, -0.15) is 0 Å². The van der Waals surface area contributed by atoms with E-state index >= 15 is 0 Å². The molecular weight excluding hydrogens is 416 g/mol. The monoisotopic (exact) mass is 442 g/mol.